The summed E-state index contributed by atoms with van der Waals surface area (Å²) >= 11 is 6.18. The largest absolute Gasteiger partial charge is 0.314 e. The average molecular weight is 262 g/mol. The first-order valence-electron chi connectivity index (χ1n) is 6.29. The van der Waals surface area contributed by atoms with Crippen LogP contribution in [0.4, 0.5) is 0 Å². The van der Waals surface area contributed by atoms with Crippen molar-refractivity contribution in [1.82, 2.24) is 15.2 Å². The van der Waals surface area contributed by atoms with E-state index in [1.54, 1.807) is 0 Å². The molecule has 0 atom stereocenters. The van der Waals surface area contributed by atoms with Gasteiger partial charge in [-0.3, -0.25) is 9.88 Å². The highest BCUT2D eigenvalue weighted by Crippen LogP contribution is 2.23. The molecule has 3 rings (SSSR count). The van der Waals surface area contributed by atoms with Crippen LogP contribution in [0.5, 0.6) is 0 Å². The molecule has 94 valence electrons. The van der Waals surface area contributed by atoms with E-state index in [9.17, 15) is 0 Å². The molecule has 3 nitrogen and oxygen atoms in total. The minimum absolute atomic E-state index is 0.792. The molecule has 0 aliphatic carbocycles. The van der Waals surface area contributed by atoms with Crippen molar-refractivity contribution >= 4 is 22.5 Å². The standard InChI is InChI=1S/C14H16ClN3/c15-13-8-11-2-1-3-17-14(11)12(9-13)10-18-6-4-16-5-7-18/h1-3,8-9,16H,4-7,10H2. The molecule has 0 bridgehead atoms. The second-order valence-corrected chi connectivity index (χ2v) is 5.10. The zero-order chi connectivity index (χ0) is 12.4. The monoisotopic (exact) mass is 261 g/mol. The number of rotatable bonds is 2. The molecule has 1 aromatic heterocycles. The minimum atomic E-state index is 0.792. The summed E-state index contributed by atoms with van der Waals surface area (Å²) in [5, 5.41) is 5.28. The molecule has 1 aliphatic rings. The number of hydrogen-bond donors (Lipinski definition) is 1. The molecule has 18 heavy (non-hydrogen) atoms. The van der Waals surface area contributed by atoms with E-state index in [1.165, 1.54) is 5.56 Å². The minimum Gasteiger partial charge on any atom is -0.314 e. The Kier molecular flexibility index (Phi) is 3.46. The maximum Gasteiger partial charge on any atom is 0.0747 e. The lowest BCUT2D eigenvalue weighted by Crippen LogP contribution is -2.42. The lowest BCUT2D eigenvalue weighted by atomic mass is 10.1. The molecule has 1 aromatic carbocycles. The Labute approximate surface area is 112 Å². The zero-order valence-electron chi connectivity index (χ0n) is 10.2. The molecular weight excluding hydrogens is 246 g/mol. The molecule has 2 heterocycles. The highest BCUT2D eigenvalue weighted by molar-refractivity contribution is 6.31. The molecule has 0 unspecified atom stereocenters. The summed E-state index contributed by atoms with van der Waals surface area (Å²) in [5.41, 5.74) is 2.29. The summed E-state index contributed by atoms with van der Waals surface area (Å²) in [6, 6.07) is 8.03. The van der Waals surface area contributed by atoms with Gasteiger partial charge in [0, 0.05) is 49.3 Å². The predicted molar refractivity (Wildman–Crippen MR) is 74.9 cm³/mol. The summed E-state index contributed by atoms with van der Waals surface area (Å²) in [6.45, 7) is 5.22. The summed E-state index contributed by atoms with van der Waals surface area (Å²) in [5.74, 6) is 0. The normalized spacial score (nSPS) is 17.2. The first-order chi connectivity index (χ1) is 8.83. The van der Waals surface area contributed by atoms with Crippen LogP contribution in [-0.2, 0) is 6.54 Å². The Morgan fingerprint density at radius 2 is 2.11 bits per heavy atom. The van der Waals surface area contributed by atoms with E-state index in [0.29, 0.717) is 0 Å². The Morgan fingerprint density at radius 3 is 2.94 bits per heavy atom. The lowest BCUT2D eigenvalue weighted by molar-refractivity contribution is 0.234. The Morgan fingerprint density at radius 1 is 1.28 bits per heavy atom. The number of nitrogens with zero attached hydrogens (tertiary/aromatic N) is 2. The molecule has 0 saturated carbocycles. The van der Waals surface area contributed by atoms with Gasteiger partial charge in [-0.1, -0.05) is 17.7 Å². The molecule has 0 amide bonds. The van der Waals surface area contributed by atoms with Crippen molar-refractivity contribution in [2.24, 2.45) is 0 Å². The van der Waals surface area contributed by atoms with E-state index in [2.05, 4.69) is 21.3 Å². The fourth-order valence-corrected chi connectivity index (χ4v) is 2.71. The van der Waals surface area contributed by atoms with Gasteiger partial charge in [0.25, 0.3) is 0 Å². The number of pyridine rings is 1. The van der Waals surface area contributed by atoms with E-state index >= 15 is 0 Å². The van der Waals surface area contributed by atoms with Crippen LogP contribution in [-0.4, -0.2) is 36.1 Å². The predicted octanol–water partition coefficient (Wildman–Crippen LogP) is 2.29. The van der Waals surface area contributed by atoms with Gasteiger partial charge < -0.3 is 5.32 Å². The summed E-state index contributed by atoms with van der Waals surface area (Å²) < 4.78 is 0. The summed E-state index contributed by atoms with van der Waals surface area (Å²) in [4.78, 5) is 6.93. The second-order valence-electron chi connectivity index (χ2n) is 4.67. The van der Waals surface area contributed by atoms with Crippen LogP contribution in [0.1, 0.15) is 5.56 Å². The molecule has 1 N–H and O–H groups in total. The Hall–Kier alpha value is -1.16. The second kappa shape index (κ2) is 5.22. The van der Waals surface area contributed by atoms with Crippen molar-refractivity contribution in [3.8, 4) is 0 Å². The van der Waals surface area contributed by atoms with Crippen LogP contribution < -0.4 is 5.32 Å². The van der Waals surface area contributed by atoms with E-state index < -0.39 is 0 Å². The topological polar surface area (TPSA) is 28.2 Å². The number of hydrogen-bond acceptors (Lipinski definition) is 3. The fourth-order valence-electron chi connectivity index (χ4n) is 2.46. The van der Waals surface area contributed by atoms with Crippen molar-refractivity contribution in [2.75, 3.05) is 26.2 Å². The fraction of sp³-hybridized carbons (Fsp3) is 0.357. The third-order valence-corrected chi connectivity index (χ3v) is 3.57. The molecule has 0 radical (unpaired) electrons. The molecule has 2 aromatic rings. The highest BCUT2D eigenvalue weighted by atomic mass is 35.5. The Balaban J connectivity index is 1.94. The number of halogens is 1. The molecule has 1 saturated heterocycles. The molecule has 0 spiro atoms. The molecular formula is C14H16ClN3. The smallest absolute Gasteiger partial charge is 0.0747 e. The number of benzene rings is 1. The first kappa shape index (κ1) is 11.9. The zero-order valence-corrected chi connectivity index (χ0v) is 11.0. The van der Waals surface area contributed by atoms with Gasteiger partial charge in [-0.2, -0.15) is 0 Å². The van der Waals surface area contributed by atoms with Crippen molar-refractivity contribution in [3.05, 3.63) is 41.0 Å². The molecule has 1 fully saturated rings. The SMILES string of the molecule is Clc1cc(CN2CCNCC2)c2ncccc2c1. The van der Waals surface area contributed by atoms with Gasteiger partial charge >= 0.3 is 0 Å². The maximum atomic E-state index is 6.18. The summed E-state index contributed by atoms with van der Waals surface area (Å²) in [6.07, 6.45) is 1.84. The van der Waals surface area contributed by atoms with Crippen LogP contribution in [0.25, 0.3) is 10.9 Å². The highest BCUT2D eigenvalue weighted by Gasteiger charge is 2.12. The van der Waals surface area contributed by atoms with Gasteiger partial charge in [-0.25, -0.2) is 0 Å². The van der Waals surface area contributed by atoms with Crippen molar-refractivity contribution < 1.29 is 0 Å². The number of fused-ring (bicyclic) bond motifs is 1. The van der Waals surface area contributed by atoms with Gasteiger partial charge in [0.1, 0.15) is 0 Å². The lowest BCUT2D eigenvalue weighted by Gasteiger charge is -2.27. The summed E-state index contributed by atoms with van der Waals surface area (Å²) in [7, 11) is 0. The van der Waals surface area contributed by atoms with Crippen LogP contribution in [0.2, 0.25) is 5.02 Å². The first-order valence-corrected chi connectivity index (χ1v) is 6.67. The van der Waals surface area contributed by atoms with E-state index in [0.717, 1.165) is 48.6 Å². The molecule has 4 heteroatoms. The van der Waals surface area contributed by atoms with E-state index in [-0.39, 0.29) is 0 Å². The van der Waals surface area contributed by atoms with E-state index in [4.69, 9.17) is 11.6 Å². The number of piperazine rings is 1. The third-order valence-electron chi connectivity index (χ3n) is 3.35. The van der Waals surface area contributed by atoms with Crippen molar-refractivity contribution in [2.45, 2.75) is 6.54 Å². The average Bonchev–Trinajstić information content (AvgIpc) is 2.40. The molecule has 1 aliphatic heterocycles. The van der Waals surface area contributed by atoms with Gasteiger partial charge in [0.15, 0.2) is 0 Å². The van der Waals surface area contributed by atoms with E-state index in [1.807, 2.05) is 24.4 Å². The quantitative estimate of drug-likeness (QED) is 0.899. The van der Waals surface area contributed by atoms with Gasteiger partial charge in [-0.15, -0.1) is 0 Å². The van der Waals surface area contributed by atoms with Crippen LogP contribution >= 0.6 is 11.6 Å². The number of nitrogens with one attached hydrogen (secondary N) is 1. The third kappa shape index (κ3) is 2.48. The van der Waals surface area contributed by atoms with Gasteiger partial charge in [-0.05, 0) is 23.8 Å². The maximum absolute atomic E-state index is 6.18. The van der Waals surface area contributed by atoms with Gasteiger partial charge in [0.2, 0.25) is 0 Å². The van der Waals surface area contributed by atoms with Crippen LogP contribution in [0, 0.1) is 0 Å². The van der Waals surface area contributed by atoms with Crippen molar-refractivity contribution in [1.29, 1.82) is 0 Å². The number of aromatic nitrogens is 1. The van der Waals surface area contributed by atoms with Crippen molar-refractivity contribution in [3.63, 3.8) is 0 Å². The van der Waals surface area contributed by atoms with Crippen LogP contribution in [0.15, 0.2) is 30.5 Å². The Bertz CT molecular complexity index is 550. The van der Waals surface area contributed by atoms with Crippen LogP contribution in [0.3, 0.4) is 0 Å². The van der Waals surface area contributed by atoms with Gasteiger partial charge in [0.05, 0.1) is 5.52 Å².